The molecule has 2 heterocycles. The van der Waals surface area contributed by atoms with Crippen LogP contribution in [0, 0.1) is 0 Å². The van der Waals surface area contributed by atoms with Crippen LogP contribution in [0.1, 0.15) is 55.6 Å². The van der Waals surface area contributed by atoms with Gasteiger partial charge in [-0.3, -0.25) is 4.90 Å². The Morgan fingerprint density at radius 1 is 1.00 bits per heavy atom. The molecule has 158 valence electrons. The molecule has 1 aliphatic carbocycles. The van der Waals surface area contributed by atoms with Crippen molar-refractivity contribution in [3.05, 3.63) is 29.6 Å². The smallest absolute Gasteiger partial charge is 0.173 e. The average Bonchev–Trinajstić information content (AvgIpc) is 3.25. The number of ether oxygens (including phenoxy) is 2. The van der Waals surface area contributed by atoms with Crippen LogP contribution in [-0.4, -0.2) is 77.5 Å². The number of piperazine rings is 1. The number of tetrazole rings is 1. The maximum absolute atomic E-state index is 5.77. The van der Waals surface area contributed by atoms with Gasteiger partial charge in [-0.1, -0.05) is 19.3 Å². The molecule has 2 aromatic rings. The zero-order chi connectivity index (χ0) is 20.2. The van der Waals surface area contributed by atoms with E-state index in [4.69, 9.17) is 9.47 Å². The van der Waals surface area contributed by atoms with E-state index in [2.05, 4.69) is 43.1 Å². The molecule has 2 fully saturated rings. The fourth-order valence-corrected chi connectivity index (χ4v) is 4.59. The Morgan fingerprint density at radius 3 is 2.45 bits per heavy atom. The molecular weight excluding hydrogens is 368 g/mol. The summed E-state index contributed by atoms with van der Waals surface area (Å²) < 4.78 is 13.3. The summed E-state index contributed by atoms with van der Waals surface area (Å²) in [5, 5.41) is 13.1. The van der Waals surface area contributed by atoms with Crippen molar-refractivity contribution >= 4 is 0 Å². The van der Waals surface area contributed by atoms with Gasteiger partial charge in [0.05, 0.1) is 20.3 Å². The second kappa shape index (κ2) is 9.09. The molecule has 29 heavy (non-hydrogen) atoms. The lowest BCUT2D eigenvalue weighted by Crippen LogP contribution is -2.47. The van der Waals surface area contributed by atoms with Gasteiger partial charge in [-0.15, -0.1) is 5.10 Å². The van der Waals surface area contributed by atoms with Crippen molar-refractivity contribution in [1.82, 2.24) is 30.0 Å². The number of rotatable bonds is 6. The minimum absolute atomic E-state index is 0.0403. The molecule has 0 N–H and O–H groups in total. The summed E-state index contributed by atoms with van der Waals surface area (Å²) in [5.41, 5.74) is 1.09. The fraction of sp³-hybridized carbons (Fsp3) is 0.667. The van der Waals surface area contributed by atoms with Crippen LogP contribution < -0.4 is 9.47 Å². The number of methoxy groups -OCH3 is 2. The average molecular weight is 401 g/mol. The lowest BCUT2D eigenvalue weighted by atomic mass is 9.95. The lowest BCUT2D eigenvalue weighted by molar-refractivity contribution is 0.118. The molecule has 8 heteroatoms. The Balaban J connectivity index is 1.75. The predicted octanol–water partition coefficient (Wildman–Crippen LogP) is 2.53. The molecule has 1 saturated carbocycles. The van der Waals surface area contributed by atoms with Crippen molar-refractivity contribution in [3.8, 4) is 11.5 Å². The van der Waals surface area contributed by atoms with Gasteiger partial charge >= 0.3 is 0 Å². The number of benzene rings is 1. The van der Waals surface area contributed by atoms with Gasteiger partial charge in [-0.2, -0.15) is 0 Å². The topological polar surface area (TPSA) is 68.5 Å². The largest absolute Gasteiger partial charge is 0.497 e. The van der Waals surface area contributed by atoms with Crippen LogP contribution in [0.5, 0.6) is 11.5 Å². The summed E-state index contributed by atoms with van der Waals surface area (Å²) in [4.78, 5) is 4.85. The second-order valence-corrected chi connectivity index (χ2v) is 8.12. The minimum Gasteiger partial charge on any atom is -0.497 e. The molecule has 4 rings (SSSR count). The van der Waals surface area contributed by atoms with Crippen molar-refractivity contribution in [2.24, 2.45) is 0 Å². The van der Waals surface area contributed by atoms with Gasteiger partial charge in [0.25, 0.3) is 0 Å². The molecule has 2 aliphatic rings. The van der Waals surface area contributed by atoms with E-state index in [0.29, 0.717) is 6.04 Å². The molecule has 1 aliphatic heterocycles. The molecule has 1 aromatic heterocycles. The highest BCUT2D eigenvalue weighted by Crippen LogP contribution is 2.38. The van der Waals surface area contributed by atoms with Crippen LogP contribution in [-0.2, 0) is 0 Å². The summed E-state index contributed by atoms with van der Waals surface area (Å²) in [6.07, 6.45) is 6.09. The molecule has 0 spiro atoms. The van der Waals surface area contributed by atoms with Gasteiger partial charge in [0.1, 0.15) is 17.5 Å². The van der Waals surface area contributed by atoms with E-state index in [1.165, 1.54) is 19.3 Å². The number of likely N-dealkylation sites (N-methyl/N-ethyl adjacent to an activating group) is 1. The maximum atomic E-state index is 5.77. The number of hydrogen-bond donors (Lipinski definition) is 0. The third-order valence-electron chi connectivity index (χ3n) is 6.32. The Kier molecular flexibility index (Phi) is 6.30. The number of hydrogen-bond acceptors (Lipinski definition) is 7. The first-order chi connectivity index (χ1) is 14.2. The summed E-state index contributed by atoms with van der Waals surface area (Å²) in [5.74, 6) is 2.52. The van der Waals surface area contributed by atoms with Crippen molar-refractivity contribution in [2.75, 3.05) is 47.4 Å². The second-order valence-electron chi connectivity index (χ2n) is 8.12. The fourth-order valence-electron chi connectivity index (χ4n) is 4.59. The Hall–Kier alpha value is -2.19. The molecule has 0 amide bonds. The van der Waals surface area contributed by atoms with E-state index in [0.717, 1.165) is 61.9 Å². The summed E-state index contributed by atoms with van der Waals surface area (Å²) in [7, 11) is 5.56. The van der Waals surface area contributed by atoms with E-state index in [9.17, 15) is 0 Å². The Labute approximate surface area is 172 Å². The molecule has 0 unspecified atom stereocenters. The normalized spacial score (nSPS) is 20.5. The minimum atomic E-state index is -0.0403. The summed E-state index contributed by atoms with van der Waals surface area (Å²) >= 11 is 0. The van der Waals surface area contributed by atoms with Gasteiger partial charge < -0.3 is 14.4 Å². The quantitative estimate of drug-likeness (QED) is 0.738. The van der Waals surface area contributed by atoms with Gasteiger partial charge in [0, 0.05) is 37.8 Å². The van der Waals surface area contributed by atoms with Crippen LogP contribution in [0.3, 0.4) is 0 Å². The Morgan fingerprint density at radius 2 is 1.76 bits per heavy atom. The van der Waals surface area contributed by atoms with Crippen LogP contribution >= 0.6 is 0 Å². The van der Waals surface area contributed by atoms with Crippen molar-refractivity contribution in [3.63, 3.8) is 0 Å². The Bertz CT molecular complexity index is 796. The summed E-state index contributed by atoms with van der Waals surface area (Å²) in [6, 6.07) is 6.39. The van der Waals surface area contributed by atoms with Crippen LogP contribution in [0.15, 0.2) is 18.2 Å². The predicted molar refractivity (Wildman–Crippen MR) is 110 cm³/mol. The van der Waals surface area contributed by atoms with E-state index in [-0.39, 0.29) is 6.04 Å². The zero-order valence-corrected chi connectivity index (χ0v) is 17.8. The zero-order valence-electron chi connectivity index (χ0n) is 17.8. The molecule has 1 saturated heterocycles. The van der Waals surface area contributed by atoms with Gasteiger partial charge in [-0.25, -0.2) is 4.68 Å². The van der Waals surface area contributed by atoms with E-state index >= 15 is 0 Å². The lowest BCUT2D eigenvalue weighted by Gasteiger charge is -2.38. The molecule has 1 atom stereocenters. The van der Waals surface area contributed by atoms with Gasteiger partial charge in [0.15, 0.2) is 5.82 Å². The molecule has 8 nitrogen and oxygen atoms in total. The van der Waals surface area contributed by atoms with Crippen molar-refractivity contribution in [1.29, 1.82) is 0 Å². The standard InChI is InChI=1S/C21H32N6O2/c1-25-11-13-26(14-12-25)20(18-10-9-17(28-2)15-19(18)29-3)21-22-23-24-27(21)16-7-5-4-6-8-16/h9-10,15-16,20H,4-8,11-14H2,1-3H3/t20-/m1/s1. The van der Waals surface area contributed by atoms with Crippen molar-refractivity contribution < 1.29 is 9.47 Å². The van der Waals surface area contributed by atoms with Crippen molar-refractivity contribution in [2.45, 2.75) is 44.2 Å². The highest BCUT2D eigenvalue weighted by Gasteiger charge is 2.34. The maximum Gasteiger partial charge on any atom is 0.173 e. The first-order valence-corrected chi connectivity index (χ1v) is 10.6. The SMILES string of the molecule is COc1ccc([C@H](c2nnnn2C2CCCCC2)N2CCN(C)CC2)c(OC)c1. The molecule has 0 radical (unpaired) electrons. The van der Waals surface area contributed by atoms with Crippen LogP contribution in [0.2, 0.25) is 0 Å². The molecular formula is C21H32N6O2. The number of aromatic nitrogens is 4. The van der Waals surface area contributed by atoms with Crippen LogP contribution in [0.25, 0.3) is 0 Å². The molecule has 1 aromatic carbocycles. The van der Waals surface area contributed by atoms with Crippen LogP contribution in [0.4, 0.5) is 0 Å². The van der Waals surface area contributed by atoms with E-state index < -0.39 is 0 Å². The third-order valence-corrected chi connectivity index (χ3v) is 6.32. The third kappa shape index (κ3) is 4.23. The highest BCUT2D eigenvalue weighted by molar-refractivity contribution is 5.44. The summed E-state index contributed by atoms with van der Waals surface area (Å²) in [6.45, 7) is 3.99. The first-order valence-electron chi connectivity index (χ1n) is 10.6. The molecule has 0 bridgehead atoms. The highest BCUT2D eigenvalue weighted by atomic mass is 16.5. The van der Waals surface area contributed by atoms with Gasteiger partial charge in [0.2, 0.25) is 0 Å². The first kappa shape index (κ1) is 20.1. The monoisotopic (exact) mass is 400 g/mol. The van der Waals surface area contributed by atoms with E-state index in [1.54, 1.807) is 14.2 Å². The van der Waals surface area contributed by atoms with E-state index in [1.807, 2.05) is 12.1 Å². The van der Waals surface area contributed by atoms with Gasteiger partial charge in [-0.05, 0) is 42.4 Å². The number of nitrogens with zero attached hydrogens (tertiary/aromatic N) is 6.